The first-order valence-electron chi connectivity index (χ1n) is 8.76. The fourth-order valence-electron chi connectivity index (χ4n) is 2.67. The lowest BCUT2D eigenvalue weighted by Gasteiger charge is -2.19. The Morgan fingerprint density at radius 2 is 1.73 bits per heavy atom. The molecule has 0 saturated heterocycles. The van der Waals surface area contributed by atoms with Crippen LogP contribution < -0.4 is 5.32 Å². The number of pyridine rings is 1. The fraction of sp³-hybridized carbons (Fsp3) is 0.286. The van der Waals surface area contributed by atoms with E-state index in [0.29, 0.717) is 18.7 Å². The van der Waals surface area contributed by atoms with Gasteiger partial charge in [-0.25, -0.2) is 0 Å². The molecule has 0 atom stereocenters. The highest BCUT2D eigenvalue weighted by molar-refractivity contribution is 5.94. The second-order valence-electron chi connectivity index (χ2n) is 7.28. The minimum Gasteiger partial charge on any atom is -0.350 e. The molecule has 134 valence electrons. The van der Waals surface area contributed by atoms with Gasteiger partial charge in [-0.05, 0) is 41.3 Å². The third kappa shape index (κ3) is 4.36. The molecule has 26 heavy (non-hydrogen) atoms. The van der Waals surface area contributed by atoms with Gasteiger partial charge in [0.25, 0.3) is 5.91 Å². The molecule has 0 unspecified atom stereocenters. The number of aromatic nitrogens is 3. The van der Waals surface area contributed by atoms with Crippen LogP contribution in [0.4, 0.5) is 0 Å². The Hall–Kier alpha value is -2.95. The van der Waals surface area contributed by atoms with Gasteiger partial charge in [-0.3, -0.25) is 14.5 Å². The van der Waals surface area contributed by atoms with E-state index in [4.69, 9.17) is 0 Å². The average Bonchev–Trinajstić information content (AvgIpc) is 3.11. The van der Waals surface area contributed by atoms with Crippen molar-refractivity contribution >= 4 is 5.91 Å². The summed E-state index contributed by atoms with van der Waals surface area (Å²) in [6, 6.07) is 13.6. The van der Waals surface area contributed by atoms with Crippen molar-refractivity contribution in [2.75, 3.05) is 6.54 Å². The summed E-state index contributed by atoms with van der Waals surface area (Å²) in [5.41, 5.74) is 3.91. The number of nitrogens with one attached hydrogen (secondary N) is 1. The Morgan fingerprint density at radius 3 is 2.38 bits per heavy atom. The van der Waals surface area contributed by atoms with E-state index in [9.17, 15) is 4.79 Å². The van der Waals surface area contributed by atoms with Crippen LogP contribution in [0.15, 0.2) is 61.1 Å². The molecule has 1 aromatic carbocycles. The van der Waals surface area contributed by atoms with Crippen molar-refractivity contribution < 1.29 is 4.79 Å². The highest BCUT2D eigenvalue weighted by Crippen LogP contribution is 2.22. The lowest BCUT2D eigenvalue weighted by molar-refractivity contribution is 0.0952. The summed E-state index contributed by atoms with van der Waals surface area (Å²) in [6.45, 7) is 7.62. The summed E-state index contributed by atoms with van der Waals surface area (Å²) in [6.07, 6.45) is 5.42. The summed E-state index contributed by atoms with van der Waals surface area (Å²) >= 11 is 0. The second-order valence-corrected chi connectivity index (χ2v) is 7.28. The quantitative estimate of drug-likeness (QED) is 0.765. The molecular weight excluding hydrogens is 324 g/mol. The number of nitrogens with zero attached hydrogens (tertiary/aromatic N) is 3. The van der Waals surface area contributed by atoms with Crippen LogP contribution in [-0.4, -0.2) is 27.2 Å². The number of hydrogen-bond donors (Lipinski definition) is 1. The number of carbonyl (C=O) groups is 1. The number of benzene rings is 1. The van der Waals surface area contributed by atoms with Crippen LogP contribution in [-0.2, 0) is 12.0 Å². The van der Waals surface area contributed by atoms with E-state index in [-0.39, 0.29) is 11.3 Å². The third-order valence-electron chi connectivity index (χ3n) is 4.26. The zero-order chi connectivity index (χ0) is 18.6. The van der Waals surface area contributed by atoms with Gasteiger partial charge < -0.3 is 5.32 Å². The van der Waals surface area contributed by atoms with Gasteiger partial charge in [-0.1, -0.05) is 32.9 Å². The van der Waals surface area contributed by atoms with Crippen molar-refractivity contribution in [3.8, 4) is 11.3 Å². The van der Waals surface area contributed by atoms with Crippen molar-refractivity contribution in [2.24, 2.45) is 0 Å². The van der Waals surface area contributed by atoms with Crippen molar-refractivity contribution in [1.29, 1.82) is 0 Å². The largest absolute Gasteiger partial charge is 0.350 e. The Balaban J connectivity index is 1.53. The van der Waals surface area contributed by atoms with Crippen LogP contribution in [0.1, 0.15) is 36.7 Å². The third-order valence-corrected chi connectivity index (χ3v) is 4.26. The van der Waals surface area contributed by atoms with E-state index in [2.05, 4.69) is 36.2 Å². The molecule has 0 fully saturated rings. The molecule has 1 amide bonds. The number of amides is 1. The maximum absolute atomic E-state index is 12.3. The van der Waals surface area contributed by atoms with Gasteiger partial charge >= 0.3 is 0 Å². The molecule has 0 aliphatic rings. The first kappa shape index (κ1) is 17.9. The predicted octanol–water partition coefficient (Wildman–Crippen LogP) is 3.67. The highest BCUT2D eigenvalue weighted by atomic mass is 16.1. The monoisotopic (exact) mass is 348 g/mol. The van der Waals surface area contributed by atoms with Crippen LogP contribution in [0.3, 0.4) is 0 Å². The van der Waals surface area contributed by atoms with Crippen LogP contribution in [0.5, 0.6) is 0 Å². The Labute approximate surface area is 154 Å². The normalized spacial score (nSPS) is 11.3. The molecular formula is C21H24N4O. The topological polar surface area (TPSA) is 59.8 Å². The molecule has 0 bridgehead atoms. The minimum atomic E-state index is -0.0630. The molecule has 0 aliphatic carbocycles. The summed E-state index contributed by atoms with van der Waals surface area (Å²) in [7, 11) is 0. The van der Waals surface area contributed by atoms with Crippen LogP contribution >= 0.6 is 0 Å². The number of hydrogen-bond acceptors (Lipinski definition) is 3. The molecule has 1 N–H and O–H groups in total. The molecule has 3 aromatic rings. The lowest BCUT2D eigenvalue weighted by Crippen LogP contribution is -2.27. The molecule has 2 aromatic heterocycles. The molecule has 0 radical (unpaired) electrons. The number of rotatable bonds is 5. The van der Waals surface area contributed by atoms with Crippen LogP contribution in [0.2, 0.25) is 0 Å². The predicted molar refractivity (Wildman–Crippen MR) is 103 cm³/mol. The Kier molecular flexibility index (Phi) is 5.16. The van der Waals surface area contributed by atoms with Gasteiger partial charge in [0, 0.05) is 36.3 Å². The summed E-state index contributed by atoms with van der Waals surface area (Å²) in [4.78, 5) is 16.3. The van der Waals surface area contributed by atoms with Gasteiger partial charge in [0.05, 0.1) is 12.2 Å². The number of carbonyl (C=O) groups excluding carboxylic acids is 1. The van der Waals surface area contributed by atoms with Crippen molar-refractivity contribution in [3.05, 3.63) is 72.2 Å². The zero-order valence-corrected chi connectivity index (χ0v) is 15.4. The van der Waals surface area contributed by atoms with Gasteiger partial charge in [-0.2, -0.15) is 5.10 Å². The van der Waals surface area contributed by atoms with E-state index in [1.165, 1.54) is 5.56 Å². The van der Waals surface area contributed by atoms with E-state index in [0.717, 1.165) is 11.3 Å². The smallest absolute Gasteiger partial charge is 0.251 e. The first-order valence-corrected chi connectivity index (χ1v) is 8.76. The van der Waals surface area contributed by atoms with Crippen LogP contribution in [0.25, 0.3) is 11.3 Å². The van der Waals surface area contributed by atoms with Gasteiger partial charge in [0.15, 0.2) is 0 Å². The van der Waals surface area contributed by atoms with Crippen molar-refractivity contribution in [1.82, 2.24) is 20.1 Å². The fourth-order valence-corrected chi connectivity index (χ4v) is 2.67. The van der Waals surface area contributed by atoms with Crippen molar-refractivity contribution in [2.45, 2.75) is 32.7 Å². The van der Waals surface area contributed by atoms with Gasteiger partial charge in [0.1, 0.15) is 0 Å². The minimum absolute atomic E-state index is 0.0630. The second kappa shape index (κ2) is 7.52. The molecule has 0 aliphatic heterocycles. The standard InChI is InChI=1S/C21H24N4O/c1-21(2,3)18-6-4-17(5-7-18)20(26)23-13-15-25-14-10-19(24-25)16-8-11-22-12-9-16/h4-12,14H,13,15H2,1-3H3,(H,23,26). The average molecular weight is 348 g/mol. The Bertz CT molecular complexity index is 861. The molecule has 3 rings (SSSR count). The maximum Gasteiger partial charge on any atom is 0.251 e. The summed E-state index contributed by atoms with van der Waals surface area (Å²) < 4.78 is 1.83. The van der Waals surface area contributed by atoms with E-state index in [1.807, 2.05) is 53.3 Å². The zero-order valence-electron chi connectivity index (χ0n) is 15.4. The van der Waals surface area contributed by atoms with Crippen molar-refractivity contribution in [3.63, 3.8) is 0 Å². The van der Waals surface area contributed by atoms with Gasteiger partial charge in [-0.15, -0.1) is 0 Å². The SMILES string of the molecule is CC(C)(C)c1ccc(C(=O)NCCn2ccc(-c3ccncc3)n2)cc1. The Morgan fingerprint density at radius 1 is 1.04 bits per heavy atom. The summed E-state index contributed by atoms with van der Waals surface area (Å²) in [5.74, 6) is -0.0630. The van der Waals surface area contributed by atoms with E-state index >= 15 is 0 Å². The van der Waals surface area contributed by atoms with E-state index in [1.54, 1.807) is 12.4 Å². The summed E-state index contributed by atoms with van der Waals surface area (Å²) in [5, 5.41) is 7.47. The molecule has 0 spiro atoms. The van der Waals surface area contributed by atoms with E-state index < -0.39 is 0 Å². The molecule has 5 heteroatoms. The first-order chi connectivity index (χ1) is 12.4. The lowest BCUT2D eigenvalue weighted by atomic mass is 9.87. The highest BCUT2D eigenvalue weighted by Gasteiger charge is 2.14. The molecule has 2 heterocycles. The molecule has 5 nitrogen and oxygen atoms in total. The molecule has 0 saturated carbocycles. The van der Waals surface area contributed by atoms with Gasteiger partial charge in [0.2, 0.25) is 0 Å². The van der Waals surface area contributed by atoms with Crippen LogP contribution in [0, 0.1) is 0 Å². The maximum atomic E-state index is 12.3.